The van der Waals surface area contributed by atoms with E-state index in [0.29, 0.717) is 37.9 Å². The van der Waals surface area contributed by atoms with Crippen molar-refractivity contribution in [3.8, 4) is 0 Å². The van der Waals surface area contributed by atoms with Crippen LogP contribution in [0.5, 0.6) is 0 Å². The van der Waals surface area contributed by atoms with Crippen LogP contribution in [0, 0.1) is 12.8 Å². The molecule has 0 N–H and O–H groups in total. The van der Waals surface area contributed by atoms with Crippen molar-refractivity contribution in [1.29, 1.82) is 0 Å². The van der Waals surface area contributed by atoms with Crippen LogP contribution < -0.4 is 0 Å². The highest BCUT2D eigenvalue weighted by molar-refractivity contribution is 6.09. The molecule has 0 aliphatic rings. The first-order chi connectivity index (χ1) is 10.5. The molecule has 1 aromatic rings. The Balaban J connectivity index is 2.57. The van der Waals surface area contributed by atoms with Gasteiger partial charge in [0.05, 0.1) is 12.5 Å². The zero-order chi connectivity index (χ0) is 16.5. The van der Waals surface area contributed by atoms with Gasteiger partial charge in [0, 0.05) is 24.4 Å². The molecule has 1 atom stereocenters. The summed E-state index contributed by atoms with van der Waals surface area (Å²) < 4.78 is 4.85. The molecule has 0 bridgehead atoms. The van der Waals surface area contributed by atoms with Gasteiger partial charge in [-0.25, -0.2) is 0 Å². The third kappa shape index (κ3) is 5.76. The highest BCUT2D eigenvalue weighted by atomic mass is 16.5. The summed E-state index contributed by atoms with van der Waals surface area (Å²) in [7, 11) is 0. The first-order valence-electron chi connectivity index (χ1n) is 7.57. The van der Waals surface area contributed by atoms with Gasteiger partial charge in [-0.05, 0) is 45.2 Å². The van der Waals surface area contributed by atoms with Crippen LogP contribution in [0.4, 0.5) is 0 Å². The van der Waals surface area contributed by atoms with Crippen LogP contribution in [0.3, 0.4) is 0 Å². The van der Waals surface area contributed by atoms with Gasteiger partial charge in [-0.15, -0.1) is 0 Å². The summed E-state index contributed by atoms with van der Waals surface area (Å²) in [6.45, 7) is 5.41. The first-order valence-corrected chi connectivity index (χ1v) is 7.57. The van der Waals surface area contributed by atoms with Gasteiger partial charge in [-0.3, -0.25) is 19.4 Å². The van der Waals surface area contributed by atoms with Crippen LogP contribution in [-0.2, 0) is 14.3 Å². The van der Waals surface area contributed by atoms with Crippen LogP contribution in [0.2, 0.25) is 0 Å². The number of carbonyl (C=O) groups excluding carboxylic acids is 3. The van der Waals surface area contributed by atoms with Crippen molar-refractivity contribution >= 4 is 17.5 Å². The van der Waals surface area contributed by atoms with Crippen molar-refractivity contribution in [3.63, 3.8) is 0 Å². The maximum absolute atomic E-state index is 12.4. The summed E-state index contributed by atoms with van der Waals surface area (Å²) in [5.41, 5.74) is 1.35. The number of esters is 1. The van der Waals surface area contributed by atoms with E-state index in [9.17, 15) is 14.4 Å². The normalized spacial score (nSPS) is 11.8. The number of hydrogen-bond acceptors (Lipinski definition) is 5. The molecule has 0 aliphatic heterocycles. The zero-order valence-electron chi connectivity index (χ0n) is 13.4. The number of ether oxygens (including phenoxy) is 1. The van der Waals surface area contributed by atoms with E-state index in [2.05, 4.69) is 4.98 Å². The van der Waals surface area contributed by atoms with Crippen molar-refractivity contribution in [2.45, 2.75) is 46.5 Å². The summed E-state index contributed by atoms with van der Waals surface area (Å²) in [5.74, 6) is -1.25. The molecular formula is C17H23NO4. The number of pyridine rings is 1. The van der Waals surface area contributed by atoms with Gasteiger partial charge in [0.2, 0.25) is 0 Å². The number of hydrogen-bond donors (Lipinski definition) is 0. The lowest BCUT2D eigenvalue weighted by atomic mass is 9.89. The smallest absolute Gasteiger partial charge is 0.305 e. The fourth-order valence-electron chi connectivity index (χ4n) is 2.26. The van der Waals surface area contributed by atoms with Crippen molar-refractivity contribution < 1.29 is 19.1 Å². The highest BCUT2D eigenvalue weighted by Crippen LogP contribution is 2.18. The summed E-state index contributed by atoms with van der Waals surface area (Å²) in [5, 5.41) is 0. The molecule has 0 aliphatic carbocycles. The molecule has 120 valence electrons. The Kier molecular flexibility index (Phi) is 7.43. The van der Waals surface area contributed by atoms with Crippen LogP contribution in [-0.4, -0.2) is 29.1 Å². The summed E-state index contributed by atoms with van der Waals surface area (Å²) >= 11 is 0. The van der Waals surface area contributed by atoms with Gasteiger partial charge in [-0.2, -0.15) is 0 Å². The number of aryl methyl sites for hydroxylation is 1. The Morgan fingerprint density at radius 3 is 2.55 bits per heavy atom. The van der Waals surface area contributed by atoms with Gasteiger partial charge < -0.3 is 4.74 Å². The highest BCUT2D eigenvalue weighted by Gasteiger charge is 2.24. The second kappa shape index (κ2) is 9.07. The van der Waals surface area contributed by atoms with Crippen molar-refractivity contribution in [2.24, 2.45) is 5.92 Å². The van der Waals surface area contributed by atoms with E-state index in [1.165, 1.54) is 13.1 Å². The molecule has 5 nitrogen and oxygen atoms in total. The summed E-state index contributed by atoms with van der Waals surface area (Å²) in [6, 6.07) is 1.74. The molecule has 1 rings (SSSR count). The minimum Gasteiger partial charge on any atom is -0.466 e. The molecule has 1 unspecified atom stereocenters. The van der Waals surface area contributed by atoms with Crippen LogP contribution in [0.1, 0.15) is 55.5 Å². The van der Waals surface area contributed by atoms with Crippen LogP contribution >= 0.6 is 0 Å². The topological polar surface area (TPSA) is 73.3 Å². The van der Waals surface area contributed by atoms with Gasteiger partial charge >= 0.3 is 5.97 Å². The predicted octanol–water partition coefficient (Wildman–Crippen LogP) is 2.90. The largest absolute Gasteiger partial charge is 0.466 e. The number of Topliss-reactive ketones (excluding diaryl/α,β-unsaturated/α-hetero) is 2. The van der Waals surface area contributed by atoms with Crippen molar-refractivity contribution in [1.82, 2.24) is 4.98 Å². The molecule has 0 fully saturated rings. The Morgan fingerprint density at radius 1 is 1.23 bits per heavy atom. The number of ketones is 2. The summed E-state index contributed by atoms with van der Waals surface area (Å²) in [4.78, 5) is 39.4. The Morgan fingerprint density at radius 2 is 1.95 bits per heavy atom. The first kappa shape index (κ1) is 18.0. The van der Waals surface area contributed by atoms with Gasteiger partial charge in [-0.1, -0.05) is 6.42 Å². The van der Waals surface area contributed by atoms with E-state index in [1.54, 1.807) is 19.2 Å². The minimum absolute atomic E-state index is 0.150. The molecule has 5 heteroatoms. The van der Waals surface area contributed by atoms with E-state index in [4.69, 9.17) is 4.74 Å². The Labute approximate surface area is 131 Å². The van der Waals surface area contributed by atoms with Gasteiger partial charge in [0.15, 0.2) is 5.78 Å². The maximum Gasteiger partial charge on any atom is 0.305 e. The Bertz CT molecular complexity index is 539. The summed E-state index contributed by atoms with van der Waals surface area (Å²) in [6.07, 6.45) is 5.17. The molecule has 0 amide bonds. The lowest BCUT2D eigenvalue weighted by Gasteiger charge is -2.12. The second-order valence-electron chi connectivity index (χ2n) is 5.33. The molecular weight excluding hydrogens is 282 g/mol. The zero-order valence-corrected chi connectivity index (χ0v) is 13.4. The maximum atomic E-state index is 12.4. The van der Waals surface area contributed by atoms with E-state index in [0.717, 1.165) is 5.56 Å². The van der Waals surface area contributed by atoms with Gasteiger partial charge in [0.25, 0.3) is 0 Å². The average Bonchev–Trinajstić information content (AvgIpc) is 2.46. The van der Waals surface area contributed by atoms with E-state index >= 15 is 0 Å². The molecule has 0 saturated heterocycles. The van der Waals surface area contributed by atoms with Gasteiger partial charge in [0.1, 0.15) is 5.78 Å². The average molecular weight is 305 g/mol. The lowest BCUT2D eigenvalue weighted by Crippen LogP contribution is -2.22. The third-order valence-electron chi connectivity index (χ3n) is 3.40. The number of unbranched alkanes of at least 4 members (excludes halogenated alkanes) is 1. The monoisotopic (exact) mass is 305 g/mol. The molecule has 0 aromatic carbocycles. The molecule has 0 radical (unpaired) electrons. The molecule has 1 heterocycles. The Hall–Kier alpha value is -2.04. The fraction of sp³-hybridized carbons (Fsp3) is 0.529. The number of nitrogens with zero attached hydrogens (tertiary/aromatic N) is 1. The minimum atomic E-state index is -0.661. The van der Waals surface area contributed by atoms with E-state index in [1.807, 2.05) is 6.92 Å². The predicted molar refractivity (Wildman–Crippen MR) is 82.6 cm³/mol. The number of rotatable bonds is 9. The molecule has 0 spiro atoms. The van der Waals surface area contributed by atoms with Crippen LogP contribution in [0.25, 0.3) is 0 Å². The molecule has 0 saturated carbocycles. The van der Waals surface area contributed by atoms with Crippen molar-refractivity contribution in [2.75, 3.05) is 6.61 Å². The van der Waals surface area contributed by atoms with E-state index in [-0.39, 0.29) is 17.5 Å². The SMILES string of the molecule is CCOC(=O)CCCCC(C(C)=O)C(=O)c1cncc(C)c1. The van der Waals surface area contributed by atoms with Crippen molar-refractivity contribution in [3.05, 3.63) is 29.6 Å². The van der Waals surface area contributed by atoms with E-state index < -0.39 is 5.92 Å². The number of aromatic nitrogens is 1. The van der Waals surface area contributed by atoms with Crippen LogP contribution in [0.15, 0.2) is 18.5 Å². The second-order valence-corrected chi connectivity index (χ2v) is 5.33. The number of carbonyl (C=O) groups is 3. The standard InChI is InChI=1S/C17H23NO4/c1-4-22-16(20)8-6-5-7-15(13(3)19)17(21)14-9-12(2)10-18-11-14/h9-11,15H,4-8H2,1-3H3. The molecule has 22 heavy (non-hydrogen) atoms. The lowest BCUT2D eigenvalue weighted by molar-refractivity contribution is -0.143. The third-order valence-corrected chi connectivity index (χ3v) is 3.40. The molecule has 1 aromatic heterocycles. The quantitative estimate of drug-likeness (QED) is 0.303. The fourth-order valence-corrected chi connectivity index (χ4v) is 2.26.